The average Bonchev–Trinajstić information content (AvgIpc) is 3.27. The fraction of sp³-hybridized carbons (Fsp3) is 0.375. The maximum atomic E-state index is 13.0. The van der Waals surface area contributed by atoms with Crippen molar-refractivity contribution in [1.29, 1.82) is 0 Å². The van der Waals surface area contributed by atoms with Gasteiger partial charge in [0.15, 0.2) is 5.82 Å². The van der Waals surface area contributed by atoms with E-state index in [9.17, 15) is 9.18 Å². The first kappa shape index (κ1) is 13.8. The largest absolute Gasteiger partial charge is 0.365 e. The summed E-state index contributed by atoms with van der Waals surface area (Å²) in [5.41, 5.74) is 1.94. The van der Waals surface area contributed by atoms with Crippen molar-refractivity contribution >= 4 is 5.82 Å². The monoisotopic (exact) mass is 287 g/mol. The van der Waals surface area contributed by atoms with Crippen molar-refractivity contribution in [3.05, 3.63) is 57.9 Å². The van der Waals surface area contributed by atoms with Crippen LogP contribution in [0.1, 0.15) is 30.0 Å². The highest BCUT2D eigenvalue weighted by Crippen LogP contribution is 2.33. The molecule has 1 N–H and O–H groups in total. The lowest BCUT2D eigenvalue weighted by molar-refractivity contribution is 0.625. The number of nitrogens with zero attached hydrogens (tertiary/aromatic N) is 2. The summed E-state index contributed by atoms with van der Waals surface area (Å²) < 4.78 is 14.8. The summed E-state index contributed by atoms with van der Waals surface area (Å²) in [6.45, 7) is 2.49. The summed E-state index contributed by atoms with van der Waals surface area (Å²) in [6, 6.07) is 5.12. The molecule has 21 heavy (non-hydrogen) atoms. The van der Waals surface area contributed by atoms with Crippen molar-refractivity contribution in [2.75, 3.05) is 11.9 Å². The Morgan fingerprint density at radius 2 is 2.24 bits per heavy atom. The number of rotatable bonds is 5. The fourth-order valence-electron chi connectivity index (χ4n) is 2.44. The van der Waals surface area contributed by atoms with Crippen LogP contribution in [0, 0.1) is 12.7 Å². The number of aromatic nitrogens is 2. The fourth-order valence-corrected chi connectivity index (χ4v) is 2.44. The molecule has 5 heteroatoms. The molecule has 0 aliphatic heterocycles. The normalized spacial score (nSPS) is 14.2. The van der Waals surface area contributed by atoms with Crippen molar-refractivity contribution in [3.8, 4) is 0 Å². The van der Waals surface area contributed by atoms with Gasteiger partial charge >= 0.3 is 0 Å². The summed E-state index contributed by atoms with van der Waals surface area (Å²) in [5, 5.41) is 3.09. The molecule has 1 aromatic carbocycles. The maximum Gasteiger partial charge on any atom is 0.293 e. The molecule has 110 valence electrons. The zero-order chi connectivity index (χ0) is 14.8. The van der Waals surface area contributed by atoms with E-state index in [-0.39, 0.29) is 11.4 Å². The van der Waals surface area contributed by atoms with E-state index in [1.807, 2.05) is 6.92 Å². The Kier molecular flexibility index (Phi) is 3.73. The molecule has 2 aromatic rings. The van der Waals surface area contributed by atoms with E-state index >= 15 is 0 Å². The third kappa shape index (κ3) is 3.12. The van der Waals surface area contributed by atoms with Gasteiger partial charge in [-0.15, -0.1) is 0 Å². The van der Waals surface area contributed by atoms with Crippen molar-refractivity contribution < 1.29 is 4.39 Å². The van der Waals surface area contributed by atoms with E-state index < -0.39 is 0 Å². The zero-order valence-electron chi connectivity index (χ0n) is 12.0. The number of aryl methyl sites for hydroxylation is 1. The maximum absolute atomic E-state index is 13.0. The highest BCUT2D eigenvalue weighted by Gasteiger charge is 2.25. The van der Waals surface area contributed by atoms with E-state index in [4.69, 9.17) is 0 Å². The van der Waals surface area contributed by atoms with Crippen LogP contribution < -0.4 is 10.9 Å². The van der Waals surface area contributed by atoms with Crippen LogP contribution in [0.25, 0.3) is 0 Å². The van der Waals surface area contributed by atoms with Crippen molar-refractivity contribution in [1.82, 2.24) is 9.55 Å². The van der Waals surface area contributed by atoms with Gasteiger partial charge in [0, 0.05) is 25.0 Å². The average molecular weight is 287 g/mol. The van der Waals surface area contributed by atoms with Crippen LogP contribution in [0.3, 0.4) is 0 Å². The van der Waals surface area contributed by atoms with Crippen molar-refractivity contribution in [2.45, 2.75) is 32.2 Å². The summed E-state index contributed by atoms with van der Waals surface area (Å²) in [6.07, 6.45) is 6.27. The number of halogens is 1. The third-order valence-corrected chi connectivity index (χ3v) is 3.80. The quantitative estimate of drug-likeness (QED) is 0.919. The first-order chi connectivity index (χ1) is 10.1. The Balaban J connectivity index is 1.65. The Bertz CT molecular complexity index is 707. The molecule has 0 atom stereocenters. The minimum Gasteiger partial charge on any atom is -0.365 e. The lowest BCUT2D eigenvalue weighted by Crippen LogP contribution is -2.24. The van der Waals surface area contributed by atoms with Gasteiger partial charge in [-0.1, -0.05) is 6.07 Å². The molecule has 0 bridgehead atoms. The molecular formula is C16H18FN3O. The molecule has 0 saturated heterocycles. The van der Waals surface area contributed by atoms with Crippen LogP contribution >= 0.6 is 0 Å². The summed E-state index contributed by atoms with van der Waals surface area (Å²) >= 11 is 0. The summed E-state index contributed by atoms with van der Waals surface area (Å²) in [5.74, 6) is 0.172. The smallest absolute Gasteiger partial charge is 0.293 e. The Labute approximate surface area is 122 Å². The minimum atomic E-state index is -0.221. The number of benzene rings is 1. The molecule has 4 nitrogen and oxygen atoms in total. The zero-order valence-corrected chi connectivity index (χ0v) is 12.0. The molecule has 0 radical (unpaired) electrons. The third-order valence-electron chi connectivity index (χ3n) is 3.80. The van der Waals surface area contributed by atoms with Crippen LogP contribution in [0.15, 0.2) is 35.4 Å². The molecule has 1 fully saturated rings. The van der Waals surface area contributed by atoms with E-state index in [2.05, 4.69) is 10.3 Å². The molecule has 1 aromatic heterocycles. The first-order valence-corrected chi connectivity index (χ1v) is 7.21. The van der Waals surface area contributed by atoms with Crippen LogP contribution in [0.4, 0.5) is 10.2 Å². The summed E-state index contributed by atoms with van der Waals surface area (Å²) in [7, 11) is 0. The van der Waals surface area contributed by atoms with Crippen LogP contribution in [-0.4, -0.2) is 16.1 Å². The molecule has 0 amide bonds. The van der Waals surface area contributed by atoms with Gasteiger partial charge in [-0.3, -0.25) is 4.79 Å². The molecule has 1 aliphatic carbocycles. The standard InChI is InChI=1S/C16H18FN3O/c1-11-10-13(17)3-2-12(11)6-7-18-15-16(21)20(9-8-19-15)14-4-5-14/h2-3,8-10,14H,4-7H2,1H3,(H,18,19). The number of hydrogen-bond acceptors (Lipinski definition) is 3. The second-order valence-electron chi connectivity index (χ2n) is 5.47. The van der Waals surface area contributed by atoms with Gasteiger partial charge < -0.3 is 9.88 Å². The van der Waals surface area contributed by atoms with E-state index in [1.165, 1.54) is 12.1 Å². The molecule has 1 saturated carbocycles. The van der Waals surface area contributed by atoms with Gasteiger partial charge in [0.1, 0.15) is 5.82 Å². The molecule has 1 heterocycles. The topological polar surface area (TPSA) is 46.9 Å². The van der Waals surface area contributed by atoms with Gasteiger partial charge in [-0.25, -0.2) is 9.37 Å². The van der Waals surface area contributed by atoms with Gasteiger partial charge in [-0.05, 0) is 49.4 Å². The first-order valence-electron chi connectivity index (χ1n) is 7.21. The van der Waals surface area contributed by atoms with Crippen LogP contribution in [0.2, 0.25) is 0 Å². The highest BCUT2D eigenvalue weighted by molar-refractivity contribution is 5.33. The van der Waals surface area contributed by atoms with Gasteiger partial charge in [0.25, 0.3) is 5.56 Å². The predicted octanol–water partition coefficient (Wildman–Crippen LogP) is 2.68. The van der Waals surface area contributed by atoms with E-state index in [1.54, 1.807) is 23.0 Å². The SMILES string of the molecule is Cc1cc(F)ccc1CCNc1nccn(C2CC2)c1=O. The van der Waals surface area contributed by atoms with E-state index in [0.29, 0.717) is 18.4 Å². The van der Waals surface area contributed by atoms with Crippen molar-refractivity contribution in [2.24, 2.45) is 0 Å². The van der Waals surface area contributed by atoms with Gasteiger partial charge in [0.2, 0.25) is 0 Å². The molecular weight excluding hydrogens is 269 g/mol. The van der Waals surface area contributed by atoms with Crippen molar-refractivity contribution in [3.63, 3.8) is 0 Å². The second kappa shape index (κ2) is 5.68. The van der Waals surface area contributed by atoms with Gasteiger partial charge in [-0.2, -0.15) is 0 Å². The lowest BCUT2D eigenvalue weighted by atomic mass is 10.1. The lowest BCUT2D eigenvalue weighted by Gasteiger charge is -2.09. The highest BCUT2D eigenvalue weighted by atomic mass is 19.1. The Morgan fingerprint density at radius 3 is 2.95 bits per heavy atom. The molecule has 0 unspecified atom stereocenters. The van der Waals surface area contributed by atoms with E-state index in [0.717, 1.165) is 30.4 Å². The second-order valence-corrected chi connectivity index (χ2v) is 5.47. The molecule has 3 rings (SSSR count). The summed E-state index contributed by atoms with van der Waals surface area (Å²) in [4.78, 5) is 16.3. The van der Waals surface area contributed by atoms with Gasteiger partial charge in [0.05, 0.1) is 0 Å². The minimum absolute atomic E-state index is 0.0594. The van der Waals surface area contributed by atoms with Crippen LogP contribution in [0.5, 0.6) is 0 Å². The molecule has 0 spiro atoms. The number of nitrogens with one attached hydrogen (secondary N) is 1. The Morgan fingerprint density at radius 1 is 1.43 bits per heavy atom. The number of hydrogen-bond donors (Lipinski definition) is 1. The van der Waals surface area contributed by atoms with Crippen LogP contribution in [-0.2, 0) is 6.42 Å². The number of anilines is 1. The Hall–Kier alpha value is -2.17. The predicted molar refractivity (Wildman–Crippen MR) is 80.1 cm³/mol. The molecule has 1 aliphatic rings.